The molecule has 0 unspecified atom stereocenters. The Morgan fingerprint density at radius 3 is 2.62 bits per heavy atom. The van der Waals surface area contributed by atoms with Crippen LogP contribution in [0.25, 0.3) is 10.2 Å². The summed E-state index contributed by atoms with van der Waals surface area (Å²) in [7, 11) is 4.26. The van der Waals surface area contributed by atoms with Crippen molar-refractivity contribution in [2.45, 2.75) is 19.8 Å². The maximum Gasteiger partial charge on any atom is 0.260 e. The van der Waals surface area contributed by atoms with Crippen LogP contribution in [0.2, 0.25) is 0 Å². The van der Waals surface area contributed by atoms with Crippen LogP contribution in [0.15, 0.2) is 48.5 Å². The molecule has 0 aliphatic rings. The Hall–Kier alpha value is -2.24. The average Bonchev–Trinajstić information content (AvgIpc) is 3.07. The van der Waals surface area contributed by atoms with Crippen LogP contribution >= 0.6 is 11.3 Å². The van der Waals surface area contributed by atoms with Crippen molar-refractivity contribution in [3.05, 3.63) is 59.7 Å². The lowest BCUT2D eigenvalue weighted by molar-refractivity contribution is -0.858. The van der Waals surface area contributed by atoms with E-state index in [9.17, 15) is 4.79 Å². The number of aromatic nitrogens is 1. The third-order valence-corrected chi connectivity index (χ3v) is 5.45. The lowest BCUT2D eigenvalue weighted by atomic mass is 10.2. The Morgan fingerprint density at radius 1 is 1.15 bits per heavy atom. The lowest BCUT2D eigenvalue weighted by Crippen LogP contribution is -3.05. The van der Waals surface area contributed by atoms with Crippen molar-refractivity contribution in [3.8, 4) is 0 Å². The fraction of sp³-hybridized carbons (Fsp3) is 0.333. The molecule has 5 heteroatoms. The standard InChI is InChI=1S/C21H25N3OS/c1-4-16-11-12-18-19(15-16)26-21(22-18)24(14-8-13-23(2)3)20(25)17-9-6-5-7-10-17/h5-7,9-12,15H,4,8,13-14H2,1-3H3/p+1. The Bertz CT molecular complexity index is 873. The van der Waals surface area contributed by atoms with Crippen molar-refractivity contribution in [3.63, 3.8) is 0 Å². The van der Waals surface area contributed by atoms with Crippen LogP contribution in [0.5, 0.6) is 0 Å². The molecule has 0 aliphatic carbocycles. The van der Waals surface area contributed by atoms with Gasteiger partial charge in [-0.25, -0.2) is 4.98 Å². The van der Waals surface area contributed by atoms with Crippen molar-refractivity contribution >= 4 is 32.6 Å². The molecule has 4 nitrogen and oxygen atoms in total. The maximum atomic E-state index is 13.1. The molecule has 3 rings (SSSR count). The van der Waals surface area contributed by atoms with Crippen LogP contribution < -0.4 is 9.80 Å². The molecule has 0 saturated heterocycles. The second kappa shape index (κ2) is 8.43. The van der Waals surface area contributed by atoms with Gasteiger partial charge in [0.05, 0.1) is 30.9 Å². The second-order valence-electron chi connectivity index (χ2n) is 6.79. The number of anilines is 1. The van der Waals surface area contributed by atoms with Crippen LogP contribution in [-0.4, -0.2) is 38.1 Å². The number of carbonyl (C=O) groups excluding carboxylic acids is 1. The summed E-state index contributed by atoms with van der Waals surface area (Å²) < 4.78 is 1.14. The summed E-state index contributed by atoms with van der Waals surface area (Å²) in [4.78, 5) is 21.1. The zero-order valence-corrected chi connectivity index (χ0v) is 16.5. The molecule has 2 aromatic carbocycles. The molecule has 0 bridgehead atoms. The number of fused-ring (bicyclic) bond motifs is 1. The molecule has 3 aromatic rings. The Labute approximate surface area is 159 Å². The summed E-state index contributed by atoms with van der Waals surface area (Å²) in [6.45, 7) is 3.85. The van der Waals surface area contributed by atoms with Gasteiger partial charge in [0.2, 0.25) is 0 Å². The van der Waals surface area contributed by atoms with E-state index in [1.165, 1.54) is 10.5 Å². The summed E-state index contributed by atoms with van der Waals surface area (Å²) in [5.41, 5.74) is 2.97. The van der Waals surface area contributed by atoms with Crippen molar-refractivity contribution in [1.82, 2.24) is 4.98 Å². The SMILES string of the molecule is CCc1ccc2nc(N(CCC[NH+](C)C)C(=O)c3ccccc3)sc2c1. The van der Waals surface area contributed by atoms with Crippen molar-refractivity contribution in [2.75, 3.05) is 32.1 Å². The summed E-state index contributed by atoms with van der Waals surface area (Å²) in [5.74, 6) is 0.0223. The second-order valence-corrected chi connectivity index (χ2v) is 7.79. The van der Waals surface area contributed by atoms with Crippen LogP contribution in [0, 0.1) is 0 Å². The first-order chi connectivity index (χ1) is 12.6. The molecule has 136 valence electrons. The molecular weight excluding hydrogens is 342 g/mol. The molecule has 1 aromatic heterocycles. The monoisotopic (exact) mass is 368 g/mol. The smallest absolute Gasteiger partial charge is 0.260 e. The van der Waals surface area contributed by atoms with E-state index in [0.717, 1.165) is 34.7 Å². The highest BCUT2D eigenvalue weighted by molar-refractivity contribution is 7.22. The van der Waals surface area contributed by atoms with Crippen molar-refractivity contribution in [2.24, 2.45) is 0 Å². The van der Waals surface area contributed by atoms with Gasteiger partial charge in [-0.3, -0.25) is 9.69 Å². The maximum absolute atomic E-state index is 13.1. The highest BCUT2D eigenvalue weighted by atomic mass is 32.1. The number of hydrogen-bond acceptors (Lipinski definition) is 3. The number of rotatable bonds is 7. The molecule has 1 heterocycles. The first kappa shape index (κ1) is 18.5. The van der Waals surface area contributed by atoms with Gasteiger partial charge >= 0.3 is 0 Å². The number of aryl methyl sites for hydroxylation is 1. The number of thiazole rings is 1. The van der Waals surface area contributed by atoms with Gasteiger partial charge in [-0.05, 0) is 36.2 Å². The minimum absolute atomic E-state index is 0.0223. The number of carbonyl (C=O) groups is 1. The van der Waals surface area contributed by atoms with Gasteiger partial charge in [-0.1, -0.05) is 42.5 Å². The summed E-state index contributed by atoms with van der Waals surface area (Å²) in [5, 5.41) is 0.788. The zero-order chi connectivity index (χ0) is 18.5. The summed E-state index contributed by atoms with van der Waals surface area (Å²) in [6, 6.07) is 15.8. The van der Waals surface area contributed by atoms with Crippen LogP contribution in [0.4, 0.5) is 5.13 Å². The van der Waals surface area contributed by atoms with E-state index in [4.69, 9.17) is 4.98 Å². The fourth-order valence-electron chi connectivity index (χ4n) is 2.90. The van der Waals surface area contributed by atoms with E-state index in [1.54, 1.807) is 11.3 Å². The highest BCUT2D eigenvalue weighted by Crippen LogP contribution is 2.30. The number of nitrogens with zero attached hydrogens (tertiary/aromatic N) is 2. The first-order valence-corrected chi connectivity index (χ1v) is 9.95. The van der Waals surface area contributed by atoms with Gasteiger partial charge in [0, 0.05) is 18.5 Å². The summed E-state index contributed by atoms with van der Waals surface area (Å²) >= 11 is 1.60. The summed E-state index contributed by atoms with van der Waals surface area (Å²) in [6.07, 6.45) is 1.94. The van der Waals surface area contributed by atoms with E-state index in [-0.39, 0.29) is 5.91 Å². The largest absolute Gasteiger partial charge is 0.340 e. The molecule has 1 N–H and O–H groups in total. The van der Waals surface area contributed by atoms with Crippen LogP contribution in [-0.2, 0) is 6.42 Å². The molecule has 0 fully saturated rings. The Morgan fingerprint density at radius 2 is 1.92 bits per heavy atom. The minimum atomic E-state index is 0.0223. The average molecular weight is 369 g/mol. The number of nitrogens with one attached hydrogen (secondary N) is 1. The predicted molar refractivity (Wildman–Crippen MR) is 109 cm³/mol. The Kier molecular flexibility index (Phi) is 6.01. The van der Waals surface area contributed by atoms with Crippen LogP contribution in [0.3, 0.4) is 0 Å². The van der Waals surface area contributed by atoms with E-state index >= 15 is 0 Å². The topological polar surface area (TPSA) is 37.6 Å². The first-order valence-electron chi connectivity index (χ1n) is 9.14. The molecule has 0 atom stereocenters. The molecule has 0 saturated carbocycles. The highest BCUT2D eigenvalue weighted by Gasteiger charge is 2.21. The molecule has 1 amide bonds. The van der Waals surface area contributed by atoms with Gasteiger partial charge in [0.15, 0.2) is 5.13 Å². The van der Waals surface area contributed by atoms with Gasteiger partial charge in [-0.2, -0.15) is 0 Å². The minimum Gasteiger partial charge on any atom is -0.340 e. The lowest BCUT2D eigenvalue weighted by Gasteiger charge is -2.20. The normalized spacial score (nSPS) is 11.2. The third kappa shape index (κ3) is 4.29. The number of benzene rings is 2. The molecule has 0 aliphatic heterocycles. The van der Waals surface area contributed by atoms with E-state index in [1.807, 2.05) is 35.2 Å². The van der Waals surface area contributed by atoms with Gasteiger partial charge in [-0.15, -0.1) is 0 Å². The third-order valence-electron chi connectivity index (χ3n) is 4.41. The van der Waals surface area contributed by atoms with Crippen molar-refractivity contribution < 1.29 is 9.69 Å². The molecule has 0 spiro atoms. The molecule has 26 heavy (non-hydrogen) atoms. The van der Waals surface area contributed by atoms with Crippen LogP contribution in [0.1, 0.15) is 29.3 Å². The van der Waals surface area contributed by atoms with E-state index in [2.05, 4.69) is 39.2 Å². The van der Waals surface area contributed by atoms with Gasteiger partial charge in [0.25, 0.3) is 5.91 Å². The van der Waals surface area contributed by atoms with Gasteiger partial charge in [0.1, 0.15) is 0 Å². The predicted octanol–water partition coefficient (Wildman–Crippen LogP) is 3.04. The van der Waals surface area contributed by atoms with E-state index in [0.29, 0.717) is 12.1 Å². The molecular formula is C21H26N3OS+. The van der Waals surface area contributed by atoms with Gasteiger partial charge < -0.3 is 4.90 Å². The quantitative estimate of drug-likeness (QED) is 0.696. The Balaban J connectivity index is 1.92. The van der Waals surface area contributed by atoms with E-state index < -0.39 is 0 Å². The molecule has 0 radical (unpaired) electrons. The number of amides is 1. The van der Waals surface area contributed by atoms with Crippen molar-refractivity contribution in [1.29, 1.82) is 0 Å². The number of quaternary nitrogens is 1. The zero-order valence-electron chi connectivity index (χ0n) is 15.7. The number of hydrogen-bond donors (Lipinski definition) is 1. The fourth-order valence-corrected chi connectivity index (χ4v) is 3.96.